The Morgan fingerprint density at radius 3 is 2.36 bits per heavy atom. The van der Waals surface area contributed by atoms with Gasteiger partial charge in [-0.1, -0.05) is 40.0 Å². The summed E-state index contributed by atoms with van der Waals surface area (Å²) in [6.45, 7) is 10.0. The summed E-state index contributed by atoms with van der Waals surface area (Å²) in [5.74, 6) is 0. The van der Waals surface area contributed by atoms with Gasteiger partial charge in [0, 0.05) is 19.7 Å². The minimum atomic E-state index is -0.328. The van der Waals surface area contributed by atoms with E-state index in [0.29, 0.717) is 13.0 Å². The summed E-state index contributed by atoms with van der Waals surface area (Å²) in [5.41, 5.74) is 0. The fraction of sp³-hybridized carbons (Fsp3) is 0.941. The van der Waals surface area contributed by atoms with Crippen LogP contribution in [-0.2, 0) is 4.74 Å². The maximum Gasteiger partial charge on any atom is 0.407 e. The highest BCUT2D eigenvalue weighted by Crippen LogP contribution is 2.13. The molecule has 1 amide bonds. The van der Waals surface area contributed by atoms with Gasteiger partial charge in [0.2, 0.25) is 0 Å². The standard InChI is InChI=1S/C17H36N2O3/c1-4-7-8-9-11-16(12-10-15-20)22-17(21)18-13-14-19(5-2)6-3/h16,20H,4-15H2,1-3H3,(H,18,21). The van der Waals surface area contributed by atoms with Gasteiger partial charge in [0.1, 0.15) is 6.10 Å². The highest BCUT2D eigenvalue weighted by atomic mass is 16.6. The molecule has 5 heteroatoms. The van der Waals surface area contributed by atoms with Crippen molar-refractivity contribution < 1.29 is 14.6 Å². The average molecular weight is 316 g/mol. The Bertz CT molecular complexity index is 258. The van der Waals surface area contributed by atoms with E-state index in [1.807, 2.05) is 0 Å². The first-order valence-electron chi connectivity index (χ1n) is 8.95. The molecule has 0 aromatic carbocycles. The molecule has 2 N–H and O–H groups in total. The van der Waals surface area contributed by atoms with Crippen molar-refractivity contribution in [3.63, 3.8) is 0 Å². The van der Waals surface area contributed by atoms with Crippen molar-refractivity contribution in [3.05, 3.63) is 0 Å². The van der Waals surface area contributed by atoms with E-state index in [2.05, 4.69) is 31.0 Å². The van der Waals surface area contributed by atoms with Gasteiger partial charge in [-0.2, -0.15) is 0 Å². The molecule has 0 saturated carbocycles. The second-order valence-corrected chi connectivity index (χ2v) is 5.70. The molecular formula is C17H36N2O3. The highest BCUT2D eigenvalue weighted by molar-refractivity contribution is 5.67. The summed E-state index contributed by atoms with van der Waals surface area (Å²) in [6, 6.07) is 0. The molecule has 132 valence electrons. The lowest BCUT2D eigenvalue weighted by atomic mass is 10.1. The fourth-order valence-electron chi connectivity index (χ4n) is 2.43. The lowest BCUT2D eigenvalue weighted by Crippen LogP contribution is -2.36. The number of nitrogens with zero attached hydrogens (tertiary/aromatic N) is 1. The molecule has 0 aliphatic heterocycles. The Labute approximate surface area is 136 Å². The summed E-state index contributed by atoms with van der Waals surface area (Å²) >= 11 is 0. The van der Waals surface area contributed by atoms with Gasteiger partial charge in [-0.3, -0.25) is 0 Å². The van der Waals surface area contributed by atoms with E-state index in [9.17, 15) is 4.79 Å². The van der Waals surface area contributed by atoms with Crippen molar-refractivity contribution >= 4 is 6.09 Å². The number of alkyl carbamates (subject to hydrolysis) is 1. The second-order valence-electron chi connectivity index (χ2n) is 5.70. The molecule has 5 nitrogen and oxygen atoms in total. The maximum absolute atomic E-state index is 11.8. The van der Waals surface area contributed by atoms with Crippen molar-refractivity contribution in [2.45, 2.75) is 71.8 Å². The number of ether oxygens (including phenoxy) is 1. The Kier molecular flexibility index (Phi) is 14.5. The molecule has 0 aliphatic carbocycles. The number of unbranched alkanes of at least 4 members (excludes halogenated alkanes) is 3. The molecule has 1 atom stereocenters. The molecule has 1 unspecified atom stereocenters. The largest absolute Gasteiger partial charge is 0.446 e. The average Bonchev–Trinajstić information content (AvgIpc) is 2.53. The zero-order chi connectivity index (χ0) is 16.6. The summed E-state index contributed by atoms with van der Waals surface area (Å²) < 4.78 is 5.50. The molecule has 0 radical (unpaired) electrons. The van der Waals surface area contributed by atoms with Crippen molar-refractivity contribution in [1.82, 2.24) is 10.2 Å². The molecule has 0 saturated heterocycles. The van der Waals surface area contributed by atoms with Crippen molar-refractivity contribution in [2.75, 3.05) is 32.8 Å². The minimum absolute atomic E-state index is 0.0718. The number of likely N-dealkylation sites (N-methyl/N-ethyl adjacent to an activating group) is 1. The Morgan fingerprint density at radius 2 is 1.77 bits per heavy atom. The van der Waals surface area contributed by atoms with Crippen LogP contribution in [0.4, 0.5) is 4.79 Å². The zero-order valence-electron chi connectivity index (χ0n) is 14.8. The molecule has 0 spiro atoms. The van der Waals surface area contributed by atoms with E-state index in [-0.39, 0.29) is 18.8 Å². The lowest BCUT2D eigenvalue weighted by molar-refractivity contribution is 0.0803. The van der Waals surface area contributed by atoms with Gasteiger partial charge in [-0.15, -0.1) is 0 Å². The normalized spacial score (nSPS) is 12.4. The lowest BCUT2D eigenvalue weighted by Gasteiger charge is -2.20. The smallest absolute Gasteiger partial charge is 0.407 e. The first kappa shape index (κ1) is 21.2. The number of aliphatic hydroxyl groups is 1. The summed E-state index contributed by atoms with van der Waals surface area (Å²) in [6.07, 6.45) is 6.61. The van der Waals surface area contributed by atoms with Crippen LogP contribution >= 0.6 is 0 Å². The van der Waals surface area contributed by atoms with E-state index in [0.717, 1.165) is 38.9 Å². The Morgan fingerprint density at radius 1 is 1.09 bits per heavy atom. The van der Waals surface area contributed by atoms with Gasteiger partial charge in [-0.05, 0) is 38.8 Å². The quantitative estimate of drug-likeness (QED) is 0.483. The first-order chi connectivity index (χ1) is 10.7. The van der Waals surface area contributed by atoms with Crippen LogP contribution in [0.3, 0.4) is 0 Å². The SMILES string of the molecule is CCCCCCC(CCCO)OC(=O)NCCN(CC)CC. The van der Waals surface area contributed by atoms with E-state index >= 15 is 0 Å². The summed E-state index contributed by atoms with van der Waals surface area (Å²) in [4.78, 5) is 14.1. The van der Waals surface area contributed by atoms with Crippen LogP contribution in [0.5, 0.6) is 0 Å². The number of hydrogen-bond acceptors (Lipinski definition) is 4. The van der Waals surface area contributed by atoms with E-state index in [4.69, 9.17) is 9.84 Å². The molecule has 0 rings (SSSR count). The predicted octanol–water partition coefficient (Wildman–Crippen LogP) is 3.17. The maximum atomic E-state index is 11.8. The van der Waals surface area contributed by atoms with Crippen LogP contribution in [-0.4, -0.2) is 55.0 Å². The molecule has 0 bridgehead atoms. The van der Waals surface area contributed by atoms with Crippen molar-refractivity contribution in [1.29, 1.82) is 0 Å². The Hall–Kier alpha value is -0.810. The predicted molar refractivity (Wildman–Crippen MR) is 91.1 cm³/mol. The van der Waals surface area contributed by atoms with Crippen molar-refractivity contribution in [2.24, 2.45) is 0 Å². The van der Waals surface area contributed by atoms with E-state index in [1.54, 1.807) is 0 Å². The third-order valence-corrected chi connectivity index (χ3v) is 3.93. The number of amides is 1. The van der Waals surface area contributed by atoms with Crippen LogP contribution in [0.25, 0.3) is 0 Å². The van der Waals surface area contributed by atoms with Crippen LogP contribution in [0.15, 0.2) is 0 Å². The second kappa shape index (κ2) is 15.1. The van der Waals surface area contributed by atoms with E-state index in [1.165, 1.54) is 19.3 Å². The molecular weight excluding hydrogens is 280 g/mol. The number of carbonyl (C=O) groups is 1. The van der Waals surface area contributed by atoms with Gasteiger partial charge in [0.25, 0.3) is 0 Å². The monoisotopic (exact) mass is 316 g/mol. The molecule has 22 heavy (non-hydrogen) atoms. The molecule has 0 aromatic heterocycles. The third-order valence-electron chi connectivity index (χ3n) is 3.93. The highest BCUT2D eigenvalue weighted by Gasteiger charge is 2.14. The number of nitrogens with one attached hydrogen (secondary N) is 1. The van der Waals surface area contributed by atoms with Crippen LogP contribution in [0.1, 0.15) is 65.7 Å². The van der Waals surface area contributed by atoms with Crippen LogP contribution in [0.2, 0.25) is 0 Å². The zero-order valence-corrected chi connectivity index (χ0v) is 14.8. The molecule has 0 aliphatic rings. The Balaban J connectivity index is 3.97. The van der Waals surface area contributed by atoms with Crippen molar-refractivity contribution in [3.8, 4) is 0 Å². The number of rotatable bonds is 14. The van der Waals surface area contributed by atoms with Gasteiger partial charge >= 0.3 is 6.09 Å². The number of carbonyl (C=O) groups excluding carboxylic acids is 1. The van der Waals surface area contributed by atoms with Gasteiger partial charge in [-0.25, -0.2) is 4.79 Å². The number of hydrogen-bond donors (Lipinski definition) is 2. The van der Waals surface area contributed by atoms with Gasteiger partial charge < -0.3 is 20.1 Å². The first-order valence-corrected chi connectivity index (χ1v) is 8.95. The summed E-state index contributed by atoms with van der Waals surface area (Å²) in [7, 11) is 0. The molecule has 0 fully saturated rings. The molecule has 0 aromatic rings. The fourth-order valence-corrected chi connectivity index (χ4v) is 2.43. The van der Waals surface area contributed by atoms with E-state index < -0.39 is 0 Å². The number of aliphatic hydroxyl groups excluding tert-OH is 1. The third kappa shape index (κ3) is 11.8. The topological polar surface area (TPSA) is 61.8 Å². The summed E-state index contributed by atoms with van der Waals surface area (Å²) in [5, 5.41) is 11.8. The molecule has 0 heterocycles. The van der Waals surface area contributed by atoms with Crippen LogP contribution < -0.4 is 5.32 Å². The van der Waals surface area contributed by atoms with Gasteiger partial charge in [0.05, 0.1) is 0 Å². The van der Waals surface area contributed by atoms with Gasteiger partial charge in [0.15, 0.2) is 0 Å². The van der Waals surface area contributed by atoms with Crippen LogP contribution in [0, 0.1) is 0 Å². The minimum Gasteiger partial charge on any atom is -0.446 e.